The maximum absolute atomic E-state index is 11.8. The first-order valence-corrected chi connectivity index (χ1v) is 7.15. The summed E-state index contributed by atoms with van der Waals surface area (Å²) in [7, 11) is 2.91. The number of carbonyl (C=O) groups excluding carboxylic acids is 2. The number of hydrogen-bond donors (Lipinski definition) is 2. The Bertz CT molecular complexity index is 485. The number of Topliss-reactive ketones (excluding diaryl/α,β-unsaturated/α-hetero) is 1. The fraction of sp³-hybridized carbons (Fsp3) is 0.538. The van der Waals surface area contributed by atoms with Crippen molar-refractivity contribution in [1.82, 2.24) is 0 Å². The van der Waals surface area contributed by atoms with Gasteiger partial charge >= 0.3 is 5.97 Å². The van der Waals surface area contributed by atoms with Gasteiger partial charge in [0.05, 0.1) is 17.7 Å². The minimum Gasteiger partial charge on any atom is -0.465 e. The van der Waals surface area contributed by atoms with Crippen molar-refractivity contribution < 1.29 is 19.1 Å². The number of anilines is 2. The van der Waals surface area contributed by atoms with Crippen LogP contribution in [0.15, 0.2) is 0 Å². The van der Waals surface area contributed by atoms with Crippen molar-refractivity contribution in [1.29, 1.82) is 0 Å². The second kappa shape index (κ2) is 7.86. The SMILES string of the molecule is CCC(=O)c1sc(NCCCOC)c(C(=O)OC)c1N. The zero-order valence-corrected chi connectivity index (χ0v) is 12.8. The van der Waals surface area contributed by atoms with Gasteiger partial charge in [0.25, 0.3) is 0 Å². The number of nitrogens with two attached hydrogens (primary N) is 1. The molecule has 0 aliphatic heterocycles. The van der Waals surface area contributed by atoms with Crippen molar-refractivity contribution in [2.45, 2.75) is 19.8 Å². The molecule has 0 radical (unpaired) electrons. The van der Waals surface area contributed by atoms with E-state index in [-0.39, 0.29) is 17.0 Å². The minimum atomic E-state index is -0.539. The highest BCUT2D eigenvalue weighted by molar-refractivity contribution is 7.19. The van der Waals surface area contributed by atoms with Crippen LogP contribution in [0.25, 0.3) is 0 Å². The van der Waals surface area contributed by atoms with Crippen molar-refractivity contribution >= 4 is 33.8 Å². The molecule has 0 aliphatic carbocycles. The van der Waals surface area contributed by atoms with Crippen LogP contribution in [0.4, 0.5) is 10.7 Å². The van der Waals surface area contributed by atoms with E-state index < -0.39 is 5.97 Å². The summed E-state index contributed by atoms with van der Waals surface area (Å²) in [4.78, 5) is 24.0. The summed E-state index contributed by atoms with van der Waals surface area (Å²) in [5.41, 5.74) is 6.35. The van der Waals surface area contributed by atoms with E-state index in [1.807, 2.05) is 0 Å². The van der Waals surface area contributed by atoms with Gasteiger partial charge in [-0.1, -0.05) is 6.92 Å². The van der Waals surface area contributed by atoms with E-state index in [1.54, 1.807) is 14.0 Å². The van der Waals surface area contributed by atoms with E-state index in [4.69, 9.17) is 15.2 Å². The first-order chi connectivity index (χ1) is 9.56. The van der Waals surface area contributed by atoms with Gasteiger partial charge in [-0.2, -0.15) is 0 Å². The number of thiophene rings is 1. The quantitative estimate of drug-likeness (QED) is 0.434. The van der Waals surface area contributed by atoms with E-state index in [0.717, 1.165) is 6.42 Å². The Balaban J connectivity index is 3.01. The summed E-state index contributed by atoms with van der Waals surface area (Å²) < 4.78 is 9.68. The van der Waals surface area contributed by atoms with Gasteiger partial charge in [0.1, 0.15) is 10.6 Å². The number of hydrogen-bond acceptors (Lipinski definition) is 7. The van der Waals surface area contributed by atoms with Crippen molar-refractivity contribution in [2.75, 3.05) is 38.4 Å². The standard InChI is InChI=1S/C13H20N2O4S/c1-4-8(16)11-10(14)9(13(17)19-3)12(20-11)15-6-5-7-18-2/h15H,4-7,14H2,1-3H3. The number of methoxy groups -OCH3 is 2. The normalized spacial score (nSPS) is 10.3. The number of rotatable bonds is 8. The van der Waals surface area contributed by atoms with Gasteiger partial charge in [-0.15, -0.1) is 11.3 Å². The van der Waals surface area contributed by atoms with E-state index in [2.05, 4.69) is 5.32 Å². The number of esters is 1. The third kappa shape index (κ3) is 3.71. The lowest BCUT2D eigenvalue weighted by Gasteiger charge is -2.06. The predicted octanol–water partition coefficient (Wildman–Crippen LogP) is 2.16. The molecule has 0 bridgehead atoms. The molecular formula is C13H20N2O4S. The molecular weight excluding hydrogens is 280 g/mol. The molecule has 0 aliphatic rings. The van der Waals surface area contributed by atoms with Crippen molar-refractivity contribution in [3.05, 3.63) is 10.4 Å². The molecule has 0 fully saturated rings. The predicted molar refractivity (Wildman–Crippen MR) is 79.7 cm³/mol. The molecule has 0 spiro atoms. The van der Waals surface area contributed by atoms with Crippen molar-refractivity contribution in [2.24, 2.45) is 0 Å². The van der Waals surface area contributed by atoms with Gasteiger partial charge in [0, 0.05) is 26.7 Å². The van der Waals surface area contributed by atoms with Crippen molar-refractivity contribution in [3.63, 3.8) is 0 Å². The fourth-order valence-corrected chi connectivity index (χ4v) is 2.80. The lowest BCUT2D eigenvalue weighted by molar-refractivity contribution is 0.0603. The summed E-state index contributed by atoms with van der Waals surface area (Å²) >= 11 is 1.19. The molecule has 112 valence electrons. The van der Waals surface area contributed by atoms with Crippen LogP contribution < -0.4 is 11.1 Å². The Kier molecular flexibility index (Phi) is 6.47. The fourth-order valence-electron chi connectivity index (χ4n) is 1.66. The lowest BCUT2D eigenvalue weighted by atomic mass is 10.2. The summed E-state index contributed by atoms with van der Waals surface area (Å²) in [6.45, 7) is 2.99. The average molecular weight is 300 g/mol. The summed E-state index contributed by atoms with van der Waals surface area (Å²) in [5, 5.41) is 3.68. The number of nitrogen functional groups attached to an aromatic ring is 1. The van der Waals surface area contributed by atoms with Crippen LogP contribution in [-0.2, 0) is 9.47 Å². The van der Waals surface area contributed by atoms with E-state index in [9.17, 15) is 9.59 Å². The number of carbonyl (C=O) groups is 2. The van der Waals surface area contributed by atoms with Crippen LogP contribution in [0.5, 0.6) is 0 Å². The van der Waals surface area contributed by atoms with Gasteiger partial charge in [0.2, 0.25) is 0 Å². The smallest absolute Gasteiger partial charge is 0.343 e. The number of ether oxygens (including phenoxy) is 2. The van der Waals surface area contributed by atoms with Gasteiger partial charge in [-0.05, 0) is 6.42 Å². The second-order valence-electron chi connectivity index (χ2n) is 4.09. The van der Waals surface area contributed by atoms with E-state index >= 15 is 0 Å². The summed E-state index contributed by atoms with van der Waals surface area (Å²) in [5.74, 6) is -0.620. The highest BCUT2D eigenvalue weighted by atomic mass is 32.1. The molecule has 1 rings (SSSR count). The minimum absolute atomic E-state index is 0.0809. The molecule has 3 N–H and O–H groups in total. The Morgan fingerprint density at radius 3 is 2.60 bits per heavy atom. The Morgan fingerprint density at radius 2 is 2.05 bits per heavy atom. The molecule has 0 atom stereocenters. The molecule has 7 heteroatoms. The number of ketones is 1. The second-order valence-corrected chi connectivity index (χ2v) is 5.11. The topological polar surface area (TPSA) is 90.6 Å². The molecule has 1 aromatic rings. The van der Waals surface area contributed by atoms with Crippen LogP contribution in [0.2, 0.25) is 0 Å². The molecule has 0 unspecified atom stereocenters. The van der Waals surface area contributed by atoms with E-state index in [1.165, 1.54) is 18.4 Å². The third-order valence-electron chi connectivity index (χ3n) is 2.72. The zero-order chi connectivity index (χ0) is 15.1. The summed E-state index contributed by atoms with van der Waals surface area (Å²) in [6, 6.07) is 0. The van der Waals surface area contributed by atoms with Crippen molar-refractivity contribution in [3.8, 4) is 0 Å². The molecule has 1 aromatic heterocycles. The molecule has 0 amide bonds. The van der Waals surface area contributed by atoms with Gasteiger partial charge < -0.3 is 20.5 Å². The largest absolute Gasteiger partial charge is 0.465 e. The molecule has 0 saturated carbocycles. The maximum Gasteiger partial charge on any atom is 0.343 e. The number of nitrogens with one attached hydrogen (secondary N) is 1. The highest BCUT2D eigenvalue weighted by Crippen LogP contribution is 2.36. The zero-order valence-electron chi connectivity index (χ0n) is 11.9. The maximum atomic E-state index is 11.8. The molecule has 0 saturated heterocycles. The van der Waals surface area contributed by atoms with Crippen LogP contribution in [0.1, 0.15) is 39.8 Å². The molecule has 6 nitrogen and oxygen atoms in total. The van der Waals surface area contributed by atoms with E-state index in [0.29, 0.717) is 29.5 Å². The van der Waals surface area contributed by atoms with Crippen LogP contribution in [0.3, 0.4) is 0 Å². The van der Waals surface area contributed by atoms with Gasteiger partial charge in [-0.25, -0.2) is 4.79 Å². The summed E-state index contributed by atoms with van der Waals surface area (Å²) in [6.07, 6.45) is 1.13. The first-order valence-electron chi connectivity index (χ1n) is 6.33. The Morgan fingerprint density at radius 1 is 1.35 bits per heavy atom. The molecule has 1 heterocycles. The van der Waals surface area contributed by atoms with Gasteiger partial charge in [0.15, 0.2) is 5.78 Å². The van der Waals surface area contributed by atoms with Crippen LogP contribution in [0, 0.1) is 0 Å². The van der Waals surface area contributed by atoms with Crippen LogP contribution in [-0.4, -0.2) is 39.1 Å². The average Bonchev–Trinajstić information content (AvgIpc) is 2.79. The Hall–Kier alpha value is -1.60. The highest BCUT2D eigenvalue weighted by Gasteiger charge is 2.25. The monoisotopic (exact) mass is 300 g/mol. The van der Waals surface area contributed by atoms with Gasteiger partial charge in [-0.3, -0.25) is 4.79 Å². The third-order valence-corrected chi connectivity index (χ3v) is 3.92. The molecule has 0 aromatic carbocycles. The first kappa shape index (κ1) is 16.5. The van der Waals surface area contributed by atoms with Crippen LogP contribution >= 0.6 is 11.3 Å². The lowest BCUT2D eigenvalue weighted by Crippen LogP contribution is -2.10. The molecule has 20 heavy (non-hydrogen) atoms. The Labute approximate surface area is 122 Å².